The van der Waals surface area contributed by atoms with Gasteiger partial charge in [0.2, 0.25) is 5.91 Å². The third kappa shape index (κ3) is 3.36. The zero-order valence-corrected chi connectivity index (χ0v) is 15.1. The second kappa shape index (κ2) is 7.18. The van der Waals surface area contributed by atoms with Gasteiger partial charge in [-0.25, -0.2) is 0 Å². The Balaban J connectivity index is 1.42. The Morgan fingerprint density at radius 2 is 1.56 bits per heavy atom. The van der Waals surface area contributed by atoms with Crippen molar-refractivity contribution in [2.24, 2.45) is 23.7 Å². The number of benzene rings is 1. The second-order valence-corrected chi connectivity index (χ2v) is 7.76. The summed E-state index contributed by atoms with van der Waals surface area (Å²) in [5, 5.41) is 12.3. The van der Waals surface area contributed by atoms with E-state index in [1.807, 2.05) is 17.1 Å². The van der Waals surface area contributed by atoms with Gasteiger partial charge in [-0.3, -0.25) is 14.4 Å². The lowest BCUT2D eigenvalue weighted by Crippen LogP contribution is -2.36. The fourth-order valence-electron chi connectivity index (χ4n) is 4.72. The molecule has 1 aromatic carbocycles. The monoisotopic (exact) mass is 368 g/mol. The number of carbonyl (C=O) groups excluding carboxylic acids is 2. The van der Waals surface area contributed by atoms with Crippen LogP contribution in [-0.2, 0) is 9.59 Å². The molecule has 2 aliphatic carbocycles. The van der Waals surface area contributed by atoms with Crippen LogP contribution in [0.5, 0.6) is 0 Å². The number of amides is 2. The molecule has 6 nitrogen and oxygen atoms in total. The number of nitrogens with zero attached hydrogens (tertiary/aromatic N) is 1. The normalized spacial score (nSPS) is 29.0. The Labute approximate surface area is 158 Å². The van der Waals surface area contributed by atoms with E-state index >= 15 is 0 Å². The number of hydrogen-bond donors (Lipinski definition) is 2. The molecular weight excluding hydrogens is 344 g/mol. The summed E-state index contributed by atoms with van der Waals surface area (Å²) in [5.74, 6) is -2.38. The summed E-state index contributed by atoms with van der Waals surface area (Å²) in [6.07, 6.45) is 7.89. The molecule has 1 aliphatic heterocycles. The molecule has 0 spiro atoms. The first-order valence-corrected chi connectivity index (χ1v) is 9.66. The number of aliphatic carboxylic acids is 1. The van der Waals surface area contributed by atoms with Crippen LogP contribution in [0, 0.1) is 23.7 Å². The highest BCUT2D eigenvalue weighted by Crippen LogP contribution is 2.48. The first-order chi connectivity index (χ1) is 13.0. The number of anilines is 1. The molecular formula is C21H24N2O4. The lowest BCUT2D eigenvalue weighted by atomic mass is 9.82. The summed E-state index contributed by atoms with van der Waals surface area (Å²) in [5.41, 5.74) is 1.20. The SMILES string of the molecule is O=C(O)[C@@H]1[C@H](C(=O)Nc2ccc(C(=O)N3CCCCC3)cc2)[C@@H]2C=C[C@H]1C2. The van der Waals surface area contributed by atoms with Crippen molar-refractivity contribution >= 4 is 23.5 Å². The standard InChI is InChI=1S/C21H24N2O4/c24-19(17-14-4-5-15(12-14)18(17)21(26)27)22-16-8-6-13(7-9-16)20(25)23-10-2-1-3-11-23/h4-9,14-15,17-18H,1-3,10-12H2,(H,22,24)(H,26,27)/t14-,15+,17-,18+/m1/s1. The number of carboxylic acid groups (broad SMARTS) is 1. The molecule has 1 aromatic rings. The number of nitrogens with one attached hydrogen (secondary N) is 1. The predicted molar refractivity (Wildman–Crippen MR) is 100 cm³/mol. The van der Waals surface area contributed by atoms with E-state index < -0.39 is 17.8 Å². The highest BCUT2D eigenvalue weighted by atomic mass is 16.4. The third-order valence-electron chi connectivity index (χ3n) is 6.09. The molecule has 142 valence electrons. The molecule has 1 saturated heterocycles. The van der Waals surface area contributed by atoms with Crippen molar-refractivity contribution in [1.29, 1.82) is 0 Å². The Bertz CT molecular complexity index is 780. The summed E-state index contributed by atoms with van der Waals surface area (Å²) in [4.78, 5) is 38.7. The van der Waals surface area contributed by atoms with Crippen LogP contribution in [0.15, 0.2) is 36.4 Å². The van der Waals surface area contributed by atoms with Crippen molar-refractivity contribution < 1.29 is 19.5 Å². The Kier molecular flexibility index (Phi) is 4.72. The van der Waals surface area contributed by atoms with Crippen molar-refractivity contribution in [2.45, 2.75) is 25.7 Å². The Hall–Kier alpha value is -2.63. The maximum absolute atomic E-state index is 12.7. The Morgan fingerprint density at radius 1 is 0.926 bits per heavy atom. The molecule has 2 fully saturated rings. The lowest BCUT2D eigenvalue weighted by molar-refractivity contribution is -0.146. The Morgan fingerprint density at radius 3 is 2.19 bits per heavy atom. The fraction of sp³-hybridized carbons (Fsp3) is 0.476. The molecule has 3 aliphatic rings. The minimum Gasteiger partial charge on any atom is -0.481 e. The summed E-state index contributed by atoms with van der Waals surface area (Å²) in [6, 6.07) is 6.88. The van der Waals surface area contributed by atoms with Crippen LogP contribution in [0.2, 0.25) is 0 Å². The van der Waals surface area contributed by atoms with E-state index in [-0.39, 0.29) is 23.7 Å². The second-order valence-electron chi connectivity index (χ2n) is 7.76. The highest BCUT2D eigenvalue weighted by Gasteiger charge is 2.51. The quantitative estimate of drug-likeness (QED) is 0.800. The van der Waals surface area contributed by atoms with E-state index in [9.17, 15) is 19.5 Å². The maximum Gasteiger partial charge on any atom is 0.307 e. The van der Waals surface area contributed by atoms with Crippen molar-refractivity contribution in [1.82, 2.24) is 4.90 Å². The van der Waals surface area contributed by atoms with E-state index in [0.29, 0.717) is 11.3 Å². The van der Waals surface area contributed by atoms with Gasteiger partial charge >= 0.3 is 5.97 Å². The van der Waals surface area contributed by atoms with Gasteiger partial charge in [0.15, 0.2) is 0 Å². The van der Waals surface area contributed by atoms with Crippen molar-refractivity contribution in [3.8, 4) is 0 Å². The summed E-state index contributed by atoms with van der Waals surface area (Å²) >= 11 is 0. The molecule has 0 aromatic heterocycles. The van der Waals surface area contributed by atoms with Crippen LogP contribution in [0.1, 0.15) is 36.0 Å². The molecule has 1 saturated carbocycles. The molecule has 2 bridgehead atoms. The molecule has 0 radical (unpaired) electrons. The van der Waals surface area contributed by atoms with Gasteiger partial charge < -0.3 is 15.3 Å². The smallest absolute Gasteiger partial charge is 0.307 e. The molecule has 2 N–H and O–H groups in total. The van der Waals surface area contributed by atoms with Crippen LogP contribution in [0.4, 0.5) is 5.69 Å². The minimum absolute atomic E-state index is 0.00366. The molecule has 0 unspecified atom stereocenters. The fourth-order valence-corrected chi connectivity index (χ4v) is 4.72. The first-order valence-electron chi connectivity index (χ1n) is 9.66. The van der Waals surface area contributed by atoms with Gasteiger partial charge in [0, 0.05) is 24.3 Å². The van der Waals surface area contributed by atoms with E-state index in [2.05, 4.69) is 5.32 Å². The maximum atomic E-state index is 12.7. The summed E-state index contributed by atoms with van der Waals surface area (Å²) < 4.78 is 0. The molecule has 6 heteroatoms. The predicted octanol–water partition coefficient (Wildman–Crippen LogP) is 2.77. The number of carbonyl (C=O) groups is 3. The van der Waals surface area contributed by atoms with E-state index in [0.717, 1.165) is 32.4 Å². The number of fused-ring (bicyclic) bond motifs is 2. The average molecular weight is 368 g/mol. The van der Waals surface area contributed by atoms with Gasteiger partial charge in [0.05, 0.1) is 11.8 Å². The van der Waals surface area contributed by atoms with Gasteiger partial charge in [-0.1, -0.05) is 12.2 Å². The third-order valence-corrected chi connectivity index (χ3v) is 6.09. The van der Waals surface area contributed by atoms with Crippen molar-refractivity contribution in [2.75, 3.05) is 18.4 Å². The molecule has 2 amide bonds. The van der Waals surface area contributed by atoms with Crippen LogP contribution in [0.3, 0.4) is 0 Å². The van der Waals surface area contributed by atoms with E-state index in [1.165, 1.54) is 6.42 Å². The molecule has 27 heavy (non-hydrogen) atoms. The first kappa shape index (κ1) is 17.8. The number of rotatable bonds is 4. The van der Waals surface area contributed by atoms with Gasteiger partial charge in [0.1, 0.15) is 0 Å². The molecule has 4 atom stereocenters. The summed E-state index contributed by atoms with van der Waals surface area (Å²) in [6.45, 7) is 1.59. The zero-order chi connectivity index (χ0) is 19.0. The van der Waals surface area contributed by atoms with E-state index in [1.54, 1.807) is 24.3 Å². The number of carboxylic acids is 1. The number of likely N-dealkylation sites (tertiary alicyclic amines) is 1. The summed E-state index contributed by atoms with van der Waals surface area (Å²) in [7, 11) is 0. The topological polar surface area (TPSA) is 86.7 Å². The van der Waals surface area contributed by atoms with Crippen molar-refractivity contribution in [3.63, 3.8) is 0 Å². The van der Waals surface area contributed by atoms with Crippen LogP contribution < -0.4 is 5.32 Å². The van der Waals surface area contributed by atoms with Crippen LogP contribution in [-0.4, -0.2) is 40.9 Å². The number of hydrogen-bond acceptors (Lipinski definition) is 3. The van der Waals surface area contributed by atoms with E-state index in [4.69, 9.17) is 0 Å². The van der Waals surface area contributed by atoms with Gasteiger partial charge in [-0.05, 0) is 61.8 Å². The average Bonchev–Trinajstić information content (AvgIpc) is 3.30. The van der Waals surface area contributed by atoms with Gasteiger partial charge in [-0.2, -0.15) is 0 Å². The largest absolute Gasteiger partial charge is 0.481 e. The molecule has 1 heterocycles. The van der Waals surface area contributed by atoms with Crippen molar-refractivity contribution in [3.05, 3.63) is 42.0 Å². The highest BCUT2D eigenvalue weighted by molar-refractivity contribution is 5.98. The zero-order valence-electron chi connectivity index (χ0n) is 15.1. The lowest BCUT2D eigenvalue weighted by Gasteiger charge is -2.27. The molecule has 4 rings (SSSR count). The van der Waals surface area contributed by atoms with Gasteiger partial charge in [-0.15, -0.1) is 0 Å². The minimum atomic E-state index is -0.908. The van der Waals surface area contributed by atoms with Crippen LogP contribution >= 0.6 is 0 Å². The van der Waals surface area contributed by atoms with Crippen LogP contribution in [0.25, 0.3) is 0 Å². The number of piperidine rings is 1. The number of allylic oxidation sites excluding steroid dienone is 2. The van der Waals surface area contributed by atoms with Gasteiger partial charge in [0.25, 0.3) is 5.91 Å².